The molecule has 2 N–H and O–H groups in total. The second-order valence-corrected chi connectivity index (χ2v) is 4.02. The highest BCUT2D eigenvalue weighted by Crippen LogP contribution is 2.16. The molecule has 0 fully saturated rings. The average Bonchev–Trinajstić information content (AvgIpc) is 2.26. The first-order valence-corrected chi connectivity index (χ1v) is 5.55. The lowest BCUT2D eigenvalue weighted by molar-refractivity contribution is 0.572. The predicted octanol–water partition coefficient (Wildman–Crippen LogP) is 1.81. The van der Waals surface area contributed by atoms with Crippen LogP contribution in [0.25, 0.3) is 0 Å². The normalized spacial score (nSPS) is 12.5. The number of hydrogen-bond acceptors (Lipinski definition) is 3. The van der Waals surface area contributed by atoms with Crippen molar-refractivity contribution in [1.29, 1.82) is 0 Å². The zero-order valence-corrected chi connectivity index (χ0v) is 9.90. The van der Waals surface area contributed by atoms with Gasteiger partial charge in [0.25, 0.3) is 0 Å². The molecule has 0 radical (unpaired) electrons. The second kappa shape index (κ2) is 5.71. The van der Waals surface area contributed by atoms with Crippen LogP contribution >= 0.6 is 0 Å². The molecule has 1 rings (SSSR count). The van der Waals surface area contributed by atoms with Crippen molar-refractivity contribution in [3.63, 3.8) is 0 Å². The van der Waals surface area contributed by atoms with Crippen molar-refractivity contribution in [3.05, 3.63) is 23.9 Å². The van der Waals surface area contributed by atoms with Crippen molar-refractivity contribution < 1.29 is 0 Å². The summed E-state index contributed by atoms with van der Waals surface area (Å²) < 4.78 is 0. The summed E-state index contributed by atoms with van der Waals surface area (Å²) in [6, 6.07) is 4.07. The van der Waals surface area contributed by atoms with Crippen LogP contribution in [0.2, 0.25) is 0 Å². The highest BCUT2D eigenvalue weighted by Gasteiger charge is 2.11. The minimum absolute atomic E-state index is 0.506. The lowest BCUT2D eigenvalue weighted by atomic mass is 10.1. The number of rotatable bonds is 5. The minimum atomic E-state index is 0.506. The molecule has 15 heavy (non-hydrogen) atoms. The largest absolute Gasteiger partial charge is 0.356 e. The molecule has 0 amide bonds. The van der Waals surface area contributed by atoms with E-state index in [0.717, 1.165) is 25.5 Å². The van der Waals surface area contributed by atoms with E-state index >= 15 is 0 Å². The maximum Gasteiger partial charge on any atom is 0.131 e. The number of nitrogens with two attached hydrogens (primary N) is 1. The molecule has 0 aliphatic rings. The van der Waals surface area contributed by atoms with E-state index in [1.807, 2.05) is 12.3 Å². The first-order valence-electron chi connectivity index (χ1n) is 5.55. The van der Waals surface area contributed by atoms with Crippen LogP contribution in [0.3, 0.4) is 0 Å². The van der Waals surface area contributed by atoms with Gasteiger partial charge in [0, 0.05) is 19.3 Å². The zero-order chi connectivity index (χ0) is 11.3. The van der Waals surface area contributed by atoms with Crippen molar-refractivity contribution in [2.24, 2.45) is 11.7 Å². The van der Waals surface area contributed by atoms with E-state index in [9.17, 15) is 0 Å². The van der Waals surface area contributed by atoms with Crippen LogP contribution in [0.4, 0.5) is 5.82 Å². The van der Waals surface area contributed by atoms with E-state index < -0.39 is 0 Å². The maximum absolute atomic E-state index is 5.64. The van der Waals surface area contributed by atoms with E-state index in [1.165, 1.54) is 5.56 Å². The third-order valence-corrected chi connectivity index (χ3v) is 2.60. The number of hydrogen-bond donors (Lipinski definition) is 1. The summed E-state index contributed by atoms with van der Waals surface area (Å²) in [6.07, 6.45) is 1.85. The Morgan fingerprint density at radius 3 is 2.80 bits per heavy atom. The van der Waals surface area contributed by atoms with Crippen LogP contribution in [0, 0.1) is 12.8 Å². The van der Waals surface area contributed by atoms with Crippen LogP contribution < -0.4 is 10.6 Å². The smallest absolute Gasteiger partial charge is 0.131 e. The van der Waals surface area contributed by atoms with E-state index in [4.69, 9.17) is 5.73 Å². The van der Waals surface area contributed by atoms with Gasteiger partial charge in [0.05, 0.1) is 0 Å². The monoisotopic (exact) mass is 207 g/mol. The lowest BCUT2D eigenvalue weighted by Crippen LogP contribution is -2.32. The van der Waals surface area contributed by atoms with E-state index in [0.29, 0.717) is 5.92 Å². The van der Waals surface area contributed by atoms with Gasteiger partial charge in [0.1, 0.15) is 5.82 Å². The van der Waals surface area contributed by atoms with E-state index in [2.05, 4.69) is 36.7 Å². The van der Waals surface area contributed by atoms with Crippen LogP contribution in [0.15, 0.2) is 18.3 Å². The number of aromatic nitrogens is 1. The molecular formula is C12H21N3. The predicted molar refractivity (Wildman–Crippen MR) is 65.1 cm³/mol. The third-order valence-electron chi connectivity index (χ3n) is 2.60. The highest BCUT2D eigenvalue weighted by molar-refractivity contribution is 5.45. The molecule has 1 atom stereocenters. The van der Waals surface area contributed by atoms with Gasteiger partial charge in [-0.25, -0.2) is 4.98 Å². The van der Waals surface area contributed by atoms with Gasteiger partial charge in [0.15, 0.2) is 0 Å². The van der Waals surface area contributed by atoms with Crippen molar-refractivity contribution in [2.75, 3.05) is 24.5 Å². The van der Waals surface area contributed by atoms with Crippen molar-refractivity contribution >= 4 is 5.82 Å². The molecule has 1 unspecified atom stereocenters. The van der Waals surface area contributed by atoms with Gasteiger partial charge in [-0.1, -0.05) is 13.0 Å². The topological polar surface area (TPSA) is 42.1 Å². The fraction of sp³-hybridized carbons (Fsp3) is 0.583. The number of anilines is 1. The summed E-state index contributed by atoms with van der Waals surface area (Å²) in [5.74, 6) is 1.59. The van der Waals surface area contributed by atoms with Crippen LogP contribution in [0.1, 0.15) is 19.4 Å². The SMILES string of the molecule is CCN(CC(C)CN)c1ncccc1C. The Labute approximate surface area is 92.3 Å². The molecule has 1 heterocycles. The number of nitrogens with zero attached hydrogens (tertiary/aromatic N) is 2. The fourth-order valence-corrected chi connectivity index (χ4v) is 1.62. The molecule has 0 aliphatic heterocycles. The van der Waals surface area contributed by atoms with Crippen molar-refractivity contribution in [2.45, 2.75) is 20.8 Å². The fourth-order valence-electron chi connectivity index (χ4n) is 1.62. The lowest BCUT2D eigenvalue weighted by Gasteiger charge is -2.26. The molecule has 1 aromatic rings. The molecule has 3 heteroatoms. The van der Waals surface area contributed by atoms with Crippen molar-refractivity contribution in [1.82, 2.24) is 4.98 Å². The molecule has 0 spiro atoms. The molecule has 0 aliphatic carbocycles. The summed E-state index contributed by atoms with van der Waals surface area (Å²) in [6.45, 7) is 9.09. The number of pyridine rings is 1. The number of aryl methyl sites for hydroxylation is 1. The Hall–Kier alpha value is -1.09. The standard InChI is InChI=1S/C12H21N3/c1-4-15(9-10(2)8-13)12-11(3)6-5-7-14-12/h5-7,10H,4,8-9,13H2,1-3H3. The summed E-state index contributed by atoms with van der Waals surface area (Å²) in [7, 11) is 0. The van der Waals surface area contributed by atoms with Gasteiger partial charge in [-0.2, -0.15) is 0 Å². The quantitative estimate of drug-likeness (QED) is 0.800. The van der Waals surface area contributed by atoms with Gasteiger partial charge >= 0.3 is 0 Å². The Balaban J connectivity index is 2.78. The maximum atomic E-state index is 5.64. The molecule has 84 valence electrons. The molecule has 0 bridgehead atoms. The Morgan fingerprint density at radius 1 is 1.53 bits per heavy atom. The Bertz CT molecular complexity index is 299. The molecule has 3 nitrogen and oxygen atoms in total. The second-order valence-electron chi connectivity index (χ2n) is 4.02. The average molecular weight is 207 g/mol. The van der Waals surface area contributed by atoms with Crippen LogP contribution in [0.5, 0.6) is 0 Å². The summed E-state index contributed by atoms with van der Waals surface area (Å²) in [4.78, 5) is 6.71. The first-order chi connectivity index (χ1) is 7.19. The van der Waals surface area contributed by atoms with Gasteiger partial charge in [0.2, 0.25) is 0 Å². The third kappa shape index (κ3) is 3.20. The summed E-state index contributed by atoms with van der Waals surface area (Å²) >= 11 is 0. The van der Waals surface area contributed by atoms with E-state index in [1.54, 1.807) is 0 Å². The van der Waals surface area contributed by atoms with Crippen LogP contribution in [-0.4, -0.2) is 24.6 Å². The summed E-state index contributed by atoms with van der Waals surface area (Å²) in [5, 5.41) is 0. The van der Waals surface area contributed by atoms with Gasteiger partial charge in [-0.05, 0) is 37.9 Å². The van der Waals surface area contributed by atoms with Gasteiger partial charge in [-0.15, -0.1) is 0 Å². The molecule has 0 saturated heterocycles. The van der Waals surface area contributed by atoms with Crippen molar-refractivity contribution in [3.8, 4) is 0 Å². The van der Waals surface area contributed by atoms with Crippen LogP contribution in [-0.2, 0) is 0 Å². The first kappa shape index (κ1) is 12.0. The minimum Gasteiger partial charge on any atom is -0.356 e. The van der Waals surface area contributed by atoms with Gasteiger partial charge in [-0.3, -0.25) is 0 Å². The highest BCUT2D eigenvalue weighted by atomic mass is 15.2. The Morgan fingerprint density at radius 2 is 2.27 bits per heavy atom. The zero-order valence-electron chi connectivity index (χ0n) is 9.90. The van der Waals surface area contributed by atoms with E-state index in [-0.39, 0.29) is 0 Å². The summed E-state index contributed by atoms with van der Waals surface area (Å²) in [5.41, 5.74) is 6.87. The molecular weight excluding hydrogens is 186 g/mol. The molecule has 0 aromatic carbocycles. The van der Waals surface area contributed by atoms with Gasteiger partial charge < -0.3 is 10.6 Å². The molecule has 0 saturated carbocycles. The molecule has 1 aromatic heterocycles. The Kier molecular flexibility index (Phi) is 4.56.